The molecule has 3 aromatic rings. The number of primary amides is 1. The first-order valence-corrected chi connectivity index (χ1v) is 14.1. The third-order valence-electron chi connectivity index (χ3n) is 7.22. The topological polar surface area (TPSA) is 177 Å². The highest BCUT2D eigenvalue weighted by Crippen LogP contribution is 2.38. The number of sulfonamides is 1. The summed E-state index contributed by atoms with van der Waals surface area (Å²) in [6.07, 6.45) is 5.16. The number of likely N-dealkylation sites (tertiary alicyclic amines) is 1. The second-order valence-corrected chi connectivity index (χ2v) is 11.4. The molecule has 4 heterocycles. The van der Waals surface area contributed by atoms with Crippen molar-refractivity contribution < 1.29 is 27.9 Å². The second-order valence-electron chi connectivity index (χ2n) is 9.73. The van der Waals surface area contributed by atoms with Gasteiger partial charge in [-0.1, -0.05) is 0 Å². The molecular formula is C27H28N6O6S. The highest BCUT2D eigenvalue weighted by Gasteiger charge is 2.35. The van der Waals surface area contributed by atoms with Crippen LogP contribution in [0.15, 0.2) is 47.6 Å². The van der Waals surface area contributed by atoms with E-state index < -0.39 is 34.0 Å². The van der Waals surface area contributed by atoms with Gasteiger partial charge in [0, 0.05) is 41.9 Å². The Hall–Kier alpha value is -4.49. The third kappa shape index (κ3) is 4.73. The molecule has 0 saturated carbocycles. The van der Waals surface area contributed by atoms with E-state index in [4.69, 9.17) is 5.73 Å². The molecule has 0 radical (unpaired) electrons. The Balaban J connectivity index is 1.65. The lowest BCUT2D eigenvalue weighted by molar-refractivity contribution is -0.126. The molecule has 208 valence electrons. The highest BCUT2D eigenvalue weighted by molar-refractivity contribution is 7.92. The molecule has 1 unspecified atom stereocenters. The van der Waals surface area contributed by atoms with E-state index in [0.29, 0.717) is 41.3 Å². The van der Waals surface area contributed by atoms with E-state index in [1.165, 1.54) is 36.7 Å². The van der Waals surface area contributed by atoms with Gasteiger partial charge in [-0.05, 0) is 68.7 Å². The maximum Gasteiger partial charge on any atom is 0.337 e. The standard InChI is InChI=1S/C27H28N6O6S/c1-15-22(33(16(2)23(15)27(36)37)26(24(28)34)32-10-3-4-11-32)13-20-19-12-18(7-8-21(19)30-25(20)35)40(38,39)31-17-6-5-9-29-14-17/h5-9,12-14,26,31H,3-4,10-11H2,1-2H3,(H2,28,34)(H,30,35)(H,36,37). The van der Waals surface area contributed by atoms with E-state index in [9.17, 15) is 27.9 Å². The van der Waals surface area contributed by atoms with Gasteiger partial charge in [-0.2, -0.15) is 0 Å². The van der Waals surface area contributed by atoms with Crippen LogP contribution in [0.25, 0.3) is 11.6 Å². The number of nitrogens with zero attached hydrogens (tertiary/aromatic N) is 3. The van der Waals surface area contributed by atoms with E-state index in [-0.39, 0.29) is 21.7 Å². The summed E-state index contributed by atoms with van der Waals surface area (Å²) in [5, 5.41) is 12.7. The number of carbonyl (C=O) groups is 3. The van der Waals surface area contributed by atoms with Crippen LogP contribution in [0.2, 0.25) is 0 Å². The highest BCUT2D eigenvalue weighted by atomic mass is 32.2. The number of carbonyl (C=O) groups excluding carboxylic acids is 2. The minimum atomic E-state index is -4.02. The van der Waals surface area contributed by atoms with Gasteiger partial charge in [-0.3, -0.25) is 24.2 Å². The van der Waals surface area contributed by atoms with Crippen LogP contribution >= 0.6 is 0 Å². The molecule has 13 heteroatoms. The van der Waals surface area contributed by atoms with Gasteiger partial charge in [0.2, 0.25) is 0 Å². The number of hydrogen-bond acceptors (Lipinski definition) is 7. The lowest BCUT2D eigenvalue weighted by Crippen LogP contribution is -2.41. The first-order valence-electron chi connectivity index (χ1n) is 12.6. The summed E-state index contributed by atoms with van der Waals surface area (Å²) in [7, 11) is -4.02. The molecule has 2 aliphatic heterocycles. The molecular weight excluding hydrogens is 536 g/mol. The van der Waals surface area contributed by atoms with Crippen LogP contribution in [-0.2, 0) is 19.6 Å². The fraction of sp³-hybridized carbons (Fsp3) is 0.259. The molecule has 0 spiro atoms. The van der Waals surface area contributed by atoms with Crippen molar-refractivity contribution in [1.82, 2.24) is 14.5 Å². The molecule has 40 heavy (non-hydrogen) atoms. The number of hydrogen-bond donors (Lipinski definition) is 4. The zero-order chi connectivity index (χ0) is 28.8. The van der Waals surface area contributed by atoms with Crippen molar-refractivity contribution in [3.8, 4) is 0 Å². The number of anilines is 2. The van der Waals surface area contributed by atoms with E-state index in [1.54, 1.807) is 30.5 Å². The van der Waals surface area contributed by atoms with Crippen molar-refractivity contribution in [1.29, 1.82) is 0 Å². The maximum absolute atomic E-state index is 13.1. The van der Waals surface area contributed by atoms with Crippen molar-refractivity contribution in [2.45, 2.75) is 37.8 Å². The second kappa shape index (κ2) is 10.2. The van der Waals surface area contributed by atoms with Crippen LogP contribution < -0.4 is 15.8 Å². The van der Waals surface area contributed by atoms with Crippen LogP contribution in [0, 0.1) is 13.8 Å². The Morgan fingerprint density at radius 2 is 1.93 bits per heavy atom. The van der Waals surface area contributed by atoms with Crippen molar-refractivity contribution in [2.75, 3.05) is 23.1 Å². The smallest absolute Gasteiger partial charge is 0.337 e. The molecule has 1 atom stereocenters. The monoisotopic (exact) mass is 564 g/mol. The fourth-order valence-electron chi connectivity index (χ4n) is 5.40. The lowest BCUT2D eigenvalue weighted by atomic mass is 10.0. The van der Waals surface area contributed by atoms with Crippen molar-refractivity contribution >= 4 is 50.8 Å². The average molecular weight is 565 g/mol. The summed E-state index contributed by atoms with van der Waals surface area (Å²) in [5.41, 5.74) is 7.96. The summed E-state index contributed by atoms with van der Waals surface area (Å²) in [6, 6.07) is 7.39. The molecule has 2 amide bonds. The van der Waals surface area contributed by atoms with Crippen molar-refractivity contribution in [2.24, 2.45) is 5.73 Å². The number of carboxylic acid groups (broad SMARTS) is 1. The van der Waals surface area contributed by atoms with Gasteiger partial charge in [-0.15, -0.1) is 0 Å². The Labute approximate surface area is 230 Å². The number of fused-ring (bicyclic) bond motifs is 1. The Morgan fingerprint density at radius 1 is 1.20 bits per heavy atom. The molecule has 2 aliphatic rings. The zero-order valence-corrected chi connectivity index (χ0v) is 22.7. The molecule has 0 aliphatic carbocycles. The lowest BCUT2D eigenvalue weighted by Gasteiger charge is -2.29. The van der Waals surface area contributed by atoms with Crippen LogP contribution in [-0.4, -0.2) is 58.8 Å². The quantitative estimate of drug-likeness (QED) is 0.302. The third-order valence-corrected chi connectivity index (χ3v) is 8.60. The average Bonchev–Trinajstić information content (AvgIpc) is 3.58. The maximum atomic E-state index is 13.1. The Bertz CT molecular complexity index is 1670. The van der Waals surface area contributed by atoms with E-state index in [0.717, 1.165) is 12.8 Å². The van der Waals surface area contributed by atoms with E-state index in [1.807, 2.05) is 4.90 Å². The molecule has 1 fully saturated rings. The Kier molecular flexibility index (Phi) is 6.94. The molecule has 12 nitrogen and oxygen atoms in total. The molecule has 1 saturated heterocycles. The van der Waals surface area contributed by atoms with Crippen molar-refractivity contribution in [3.05, 3.63) is 70.8 Å². The van der Waals surface area contributed by atoms with Crippen LogP contribution in [0.5, 0.6) is 0 Å². The van der Waals surface area contributed by atoms with Crippen LogP contribution in [0.1, 0.15) is 51.9 Å². The summed E-state index contributed by atoms with van der Waals surface area (Å²) >= 11 is 0. The minimum Gasteiger partial charge on any atom is -0.478 e. The number of rotatable bonds is 8. The number of benzene rings is 1. The van der Waals surface area contributed by atoms with Gasteiger partial charge in [0.15, 0.2) is 6.17 Å². The minimum absolute atomic E-state index is 0.00734. The number of nitrogens with two attached hydrogens (primary N) is 1. The largest absolute Gasteiger partial charge is 0.478 e. The zero-order valence-electron chi connectivity index (χ0n) is 21.8. The summed E-state index contributed by atoms with van der Waals surface area (Å²) in [5.74, 6) is -2.32. The SMILES string of the molecule is Cc1c(C(=O)O)c(C)n(C(C(N)=O)N2CCCC2)c1C=C1C(=O)Nc2ccc(S(=O)(=O)Nc3cccnc3)cc21. The van der Waals surface area contributed by atoms with Gasteiger partial charge in [0.25, 0.3) is 21.8 Å². The number of aromatic carboxylic acids is 1. The van der Waals surface area contributed by atoms with Crippen LogP contribution in [0.3, 0.4) is 0 Å². The van der Waals surface area contributed by atoms with Gasteiger partial charge < -0.3 is 20.7 Å². The molecule has 5 rings (SSSR count). The molecule has 1 aromatic carbocycles. The summed E-state index contributed by atoms with van der Waals surface area (Å²) in [4.78, 5) is 43.8. The van der Waals surface area contributed by atoms with E-state index in [2.05, 4.69) is 15.0 Å². The fourth-order valence-corrected chi connectivity index (χ4v) is 6.47. The first kappa shape index (κ1) is 27.1. The number of amides is 2. The molecule has 0 bridgehead atoms. The molecule has 5 N–H and O–H groups in total. The summed E-state index contributed by atoms with van der Waals surface area (Å²) < 4.78 is 30.2. The Morgan fingerprint density at radius 3 is 2.55 bits per heavy atom. The molecule has 2 aromatic heterocycles. The van der Waals surface area contributed by atoms with Gasteiger partial charge >= 0.3 is 5.97 Å². The number of pyridine rings is 1. The predicted octanol–water partition coefficient (Wildman–Crippen LogP) is 2.57. The number of carboxylic acids is 1. The van der Waals surface area contributed by atoms with Gasteiger partial charge in [0.1, 0.15) is 0 Å². The number of nitrogens with one attached hydrogen (secondary N) is 2. The van der Waals surface area contributed by atoms with Crippen molar-refractivity contribution in [3.63, 3.8) is 0 Å². The predicted molar refractivity (Wildman–Crippen MR) is 148 cm³/mol. The number of aromatic nitrogens is 2. The normalized spacial score (nSPS) is 17.1. The van der Waals surface area contributed by atoms with Crippen LogP contribution in [0.4, 0.5) is 11.4 Å². The summed E-state index contributed by atoms with van der Waals surface area (Å²) in [6.45, 7) is 4.42. The first-order chi connectivity index (χ1) is 19.0. The van der Waals surface area contributed by atoms with Gasteiger partial charge in [0.05, 0.1) is 27.9 Å². The van der Waals surface area contributed by atoms with E-state index >= 15 is 0 Å². The van der Waals surface area contributed by atoms with Gasteiger partial charge in [-0.25, -0.2) is 13.2 Å².